The van der Waals surface area contributed by atoms with Gasteiger partial charge in [0.15, 0.2) is 0 Å². The van der Waals surface area contributed by atoms with Crippen LogP contribution < -0.4 is 10.9 Å². The van der Waals surface area contributed by atoms with Gasteiger partial charge in [-0.25, -0.2) is 13.6 Å². The first-order chi connectivity index (χ1) is 5.87. The largest absolute Gasteiger partial charge is 0.330 e. The summed E-state index contributed by atoms with van der Waals surface area (Å²) in [7, 11) is -3.38. The van der Waals surface area contributed by atoms with Gasteiger partial charge in [-0.05, 0) is 30.7 Å². The lowest BCUT2D eigenvalue weighted by molar-refractivity contribution is 0.338. The molecule has 2 atom stereocenters. The van der Waals surface area contributed by atoms with E-state index in [0.717, 1.165) is 19.3 Å². The SMILES string of the molecule is C[C@@H]1CC[C@](CN)(CS(N)(=O)=O)C1. The first kappa shape index (κ1) is 10.9. The highest BCUT2D eigenvalue weighted by atomic mass is 32.2. The highest BCUT2D eigenvalue weighted by molar-refractivity contribution is 7.89. The molecule has 4 nitrogen and oxygen atoms in total. The van der Waals surface area contributed by atoms with Crippen LogP contribution in [0.4, 0.5) is 0 Å². The topological polar surface area (TPSA) is 86.2 Å². The maximum absolute atomic E-state index is 11.0. The maximum Gasteiger partial charge on any atom is 0.209 e. The van der Waals surface area contributed by atoms with Crippen molar-refractivity contribution in [2.75, 3.05) is 12.3 Å². The Balaban J connectivity index is 2.72. The van der Waals surface area contributed by atoms with Gasteiger partial charge < -0.3 is 5.73 Å². The van der Waals surface area contributed by atoms with Gasteiger partial charge in [-0.1, -0.05) is 13.3 Å². The molecule has 1 fully saturated rings. The van der Waals surface area contributed by atoms with E-state index < -0.39 is 10.0 Å². The average molecular weight is 206 g/mol. The van der Waals surface area contributed by atoms with Crippen LogP contribution in [0.15, 0.2) is 0 Å². The Morgan fingerprint density at radius 3 is 2.46 bits per heavy atom. The fourth-order valence-corrected chi connectivity index (χ4v) is 3.53. The molecule has 0 bridgehead atoms. The zero-order chi connectivity index (χ0) is 10.1. The van der Waals surface area contributed by atoms with Crippen molar-refractivity contribution in [1.29, 1.82) is 0 Å². The van der Waals surface area contributed by atoms with Crippen LogP contribution in [0.1, 0.15) is 26.2 Å². The second kappa shape index (κ2) is 3.55. The van der Waals surface area contributed by atoms with Crippen LogP contribution in [-0.2, 0) is 10.0 Å². The molecule has 78 valence electrons. The third-order valence-electron chi connectivity index (χ3n) is 2.89. The monoisotopic (exact) mass is 206 g/mol. The summed E-state index contributed by atoms with van der Waals surface area (Å²) in [6, 6.07) is 0. The summed E-state index contributed by atoms with van der Waals surface area (Å²) in [6.07, 6.45) is 2.84. The van der Waals surface area contributed by atoms with Crippen LogP contribution in [0, 0.1) is 11.3 Å². The van der Waals surface area contributed by atoms with E-state index in [9.17, 15) is 8.42 Å². The molecule has 0 heterocycles. The van der Waals surface area contributed by atoms with Crippen molar-refractivity contribution in [2.45, 2.75) is 26.2 Å². The van der Waals surface area contributed by atoms with E-state index in [1.54, 1.807) is 0 Å². The van der Waals surface area contributed by atoms with Crippen LogP contribution >= 0.6 is 0 Å². The van der Waals surface area contributed by atoms with E-state index in [1.165, 1.54) is 0 Å². The lowest BCUT2D eigenvalue weighted by Crippen LogP contribution is -2.37. The maximum atomic E-state index is 11.0. The van der Waals surface area contributed by atoms with Gasteiger partial charge in [0.25, 0.3) is 0 Å². The Morgan fingerprint density at radius 1 is 1.54 bits per heavy atom. The second-order valence-corrected chi connectivity index (χ2v) is 5.97. The fourth-order valence-electron chi connectivity index (χ4n) is 2.30. The van der Waals surface area contributed by atoms with E-state index in [1.807, 2.05) is 0 Å². The molecule has 0 amide bonds. The Kier molecular flexibility index (Phi) is 2.99. The van der Waals surface area contributed by atoms with Crippen molar-refractivity contribution in [1.82, 2.24) is 0 Å². The predicted molar refractivity (Wildman–Crippen MR) is 52.5 cm³/mol. The molecule has 0 aromatic heterocycles. The van der Waals surface area contributed by atoms with Crippen LogP contribution in [0.2, 0.25) is 0 Å². The molecule has 0 aromatic carbocycles. The quantitative estimate of drug-likeness (QED) is 0.683. The molecule has 1 aliphatic carbocycles. The highest BCUT2D eigenvalue weighted by Crippen LogP contribution is 2.41. The number of hydrogen-bond donors (Lipinski definition) is 2. The van der Waals surface area contributed by atoms with Gasteiger partial charge in [0, 0.05) is 0 Å². The highest BCUT2D eigenvalue weighted by Gasteiger charge is 2.39. The molecule has 13 heavy (non-hydrogen) atoms. The van der Waals surface area contributed by atoms with E-state index in [-0.39, 0.29) is 11.2 Å². The minimum absolute atomic E-state index is 0.0425. The molecule has 0 radical (unpaired) electrons. The van der Waals surface area contributed by atoms with E-state index in [2.05, 4.69) is 6.92 Å². The van der Waals surface area contributed by atoms with Gasteiger partial charge in [-0.15, -0.1) is 0 Å². The number of nitrogens with two attached hydrogens (primary N) is 2. The molecular formula is C8H18N2O2S. The third kappa shape index (κ3) is 2.93. The number of sulfonamides is 1. The molecule has 1 saturated carbocycles. The van der Waals surface area contributed by atoms with Crippen molar-refractivity contribution in [3.8, 4) is 0 Å². The lowest BCUT2D eigenvalue weighted by atomic mass is 9.88. The minimum Gasteiger partial charge on any atom is -0.330 e. The van der Waals surface area contributed by atoms with Crippen LogP contribution in [-0.4, -0.2) is 20.7 Å². The molecule has 0 saturated heterocycles. The predicted octanol–water partition coefficient (Wildman–Crippen LogP) is 0.0400. The molecule has 1 aliphatic rings. The van der Waals surface area contributed by atoms with E-state index in [4.69, 9.17) is 10.9 Å². The first-order valence-corrected chi connectivity index (χ1v) is 6.29. The molecule has 4 N–H and O–H groups in total. The average Bonchev–Trinajstić information content (AvgIpc) is 2.29. The van der Waals surface area contributed by atoms with Gasteiger partial charge in [-0.2, -0.15) is 0 Å². The van der Waals surface area contributed by atoms with Crippen LogP contribution in [0.5, 0.6) is 0 Å². The zero-order valence-electron chi connectivity index (χ0n) is 7.99. The molecule has 0 aliphatic heterocycles. The van der Waals surface area contributed by atoms with Gasteiger partial charge in [0.1, 0.15) is 0 Å². The summed E-state index contributed by atoms with van der Waals surface area (Å²) in [5.41, 5.74) is 5.38. The smallest absolute Gasteiger partial charge is 0.209 e. The Bertz CT molecular complexity index is 276. The summed E-state index contributed by atoms with van der Waals surface area (Å²) in [4.78, 5) is 0. The molecule has 0 spiro atoms. The van der Waals surface area contributed by atoms with Gasteiger partial charge in [0.05, 0.1) is 5.75 Å². The summed E-state index contributed by atoms with van der Waals surface area (Å²) in [6.45, 7) is 2.55. The molecule has 5 heteroatoms. The van der Waals surface area contributed by atoms with Crippen molar-refractivity contribution in [2.24, 2.45) is 22.2 Å². The van der Waals surface area contributed by atoms with Crippen molar-refractivity contribution in [3.05, 3.63) is 0 Å². The molecule has 0 unspecified atom stereocenters. The van der Waals surface area contributed by atoms with Gasteiger partial charge in [0.2, 0.25) is 10.0 Å². The number of rotatable bonds is 3. The fraction of sp³-hybridized carbons (Fsp3) is 1.00. The van der Waals surface area contributed by atoms with Crippen molar-refractivity contribution in [3.63, 3.8) is 0 Å². The second-order valence-electron chi connectivity index (χ2n) is 4.36. The summed E-state index contributed by atoms with van der Waals surface area (Å²) in [5, 5.41) is 5.04. The normalized spacial score (nSPS) is 35.2. The molecule has 1 rings (SSSR count). The number of primary sulfonamides is 1. The standard InChI is InChI=1S/C8H18N2O2S/c1-7-2-3-8(4-7,5-9)6-13(10,11)12/h7H,2-6,9H2,1H3,(H2,10,11,12)/t7-,8+/m1/s1. The molecular weight excluding hydrogens is 188 g/mol. The Morgan fingerprint density at radius 2 is 2.15 bits per heavy atom. The Hall–Kier alpha value is -0.130. The summed E-state index contributed by atoms with van der Waals surface area (Å²) >= 11 is 0. The van der Waals surface area contributed by atoms with Crippen molar-refractivity contribution >= 4 is 10.0 Å². The lowest BCUT2D eigenvalue weighted by Gasteiger charge is -2.25. The van der Waals surface area contributed by atoms with Crippen LogP contribution in [0.25, 0.3) is 0 Å². The minimum atomic E-state index is -3.38. The zero-order valence-corrected chi connectivity index (χ0v) is 8.81. The Labute approximate surface area is 79.7 Å². The van der Waals surface area contributed by atoms with E-state index >= 15 is 0 Å². The number of hydrogen-bond acceptors (Lipinski definition) is 3. The van der Waals surface area contributed by atoms with Crippen LogP contribution in [0.3, 0.4) is 0 Å². The molecule has 0 aromatic rings. The van der Waals surface area contributed by atoms with Gasteiger partial charge >= 0.3 is 0 Å². The summed E-state index contributed by atoms with van der Waals surface area (Å²) in [5.74, 6) is 0.617. The van der Waals surface area contributed by atoms with Crippen molar-refractivity contribution < 1.29 is 8.42 Å². The van der Waals surface area contributed by atoms with Gasteiger partial charge in [-0.3, -0.25) is 0 Å². The first-order valence-electron chi connectivity index (χ1n) is 4.57. The van der Waals surface area contributed by atoms with E-state index in [0.29, 0.717) is 12.5 Å². The third-order valence-corrected chi connectivity index (χ3v) is 3.90. The summed E-state index contributed by atoms with van der Waals surface area (Å²) < 4.78 is 22.0.